The van der Waals surface area contributed by atoms with Crippen LogP contribution in [0, 0.1) is 0 Å². The average molecular weight is 298 g/mol. The van der Waals surface area contributed by atoms with Gasteiger partial charge in [0.2, 0.25) is 0 Å². The molecule has 0 saturated heterocycles. The summed E-state index contributed by atoms with van der Waals surface area (Å²) in [5.74, 6) is 1.24. The average Bonchev–Trinajstić information content (AvgIpc) is 2.96. The minimum Gasteiger partial charge on any atom is -0.497 e. The van der Waals surface area contributed by atoms with Gasteiger partial charge in [0.1, 0.15) is 5.75 Å². The van der Waals surface area contributed by atoms with E-state index in [9.17, 15) is 4.79 Å². The van der Waals surface area contributed by atoms with Crippen LogP contribution >= 0.6 is 11.8 Å². The molecule has 2 aromatic heterocycles. The Morgan fingerprint density at radius 3 is 2.86 bits per heavy atom. The number of aromatic amines is 1. The Morgan fingerprint density at radius 1 is 1.29 bits per heavy atom. The Labute approximate surface area is 126 Å². The first-order valence-electron chi connectivity index (χ1n) is 6.49. The van der Waals surface area contributed by atoms with E-state index < -0.39 is 0 Å². The van der Waals surface area contributed by atoms with E-state index in [1.165, 1.54) is 11.8 Å². The summed E-state index contributed by atoms with van der Waals surface area (Å²) in [5.41, 5.74) is 1.64. The van der Waals surface area contributed by atoms with Crippen molar-refractivity contribution in [2.24, 2.45) is 0 Å². The lowest BCUT2D eigenvalue weighted by Crippen LogP contribution is -2.01. The van der Waals surface area contributed by atoms with Crippen LogP contribution in [0.5, 0.6) is 5.75 Å². The number of carbonyl (C=O) groups excluding carboxylic acids is 1. The van der Waals surface area contributed by atoms with Gasteiger partial charge < -0.3 is 9.72 Å². The molecule has 0 bridgehead atoms. The highest BCUT2D eigenvalue weighted by atomic mass is 32.2. The summed E-state index contributed by atoms with van der Waals surface area (Å²) in [4.78, 5) is 20.5. The number of ether oxygens (including phenoxy) is 1. The molecular formula is C16H14N2O2S. The molecule has 0 aliphatic rings. The molecule has 0 spiro atoms. The fraction of sp³-hybridized carbons (Fsp3) is 0.125. The third-order valence-corrected chi connectivity index (χ3v) is 4.22. The van der Waals surface area contributed by atoms with Crippen molar-refractivity contribution < 1.29 is 9.53 Å². The zero-order valence-electron chi connectivity index (χ0n) is 11.5. The van der Waals surface area contributed by atoms with Crippen molar-refractivity contribution in [2.75, 3.05) is 12.9 Å². The van der Waals surface area contributed by atoms with Crippen molar-refractivity contribution in [1.82, 2.24) is 9.97 Å². The Bertz CT molecular complexity index is 768. The fourth-order valence-corrected chi connectivity index (χ4v) is 2.89. The molecule has 0 saturated carbocycles. The number of benzene rings is 1. The number of nitrogens with zero attached hydrogens (tertiary/aromatic N) is 1. The summed E-state index contributed by atoms with van der Waals surface area (Å²) >= 11 is 1.51. The second kappa shape index (κ2) is 6.01. The van der Waals surface area contributed by atoms with Crippen LogP contribution in [0.3, 0.4) is 0 Å². The van der Waals surface area contributed by atoms with Gasteiger partial charge in [0.25, 0.3) is 0 Å². The highest BCUT2D eigenvalue weighted by Crippen LogP contribution is 2.26. The number of rotatable bonds is 5. The van der Waals surface area contributed by atoms with Gasteiger partial charge in [-0.2, -0.15) is 0 Å². The van der Waals surface area contributed by atoms with E-state index >= 15 is 0 Å². The van der Waals surface area contributed by atoms with Crippen molar-refractivity contribution in [2.45, 2.75) is 4.90 Å². The number of ketones is 1. The van der Waals surface area contributed by atoms with Crippen LogP contribution in [-0.4, -0.2) is 28.6 Å². The second-order valence-corrected chi connectivity index (χ2v) is 5.56. The molecule has 0 aliphatic heterocycles. The number of H-pyrrole nitrogens is 1. The number of fused-ring (bicyclic) bond motifs is 1. The monoisotopic (exact) mass is 298 g/mol. The van der Waals surface area contributed by atoms with Crippen molar-refractivity contribution >= 4 is 28.4 Å². The molecule has 21 heavy (non-hydrogen) atoms. The molecular weight excluding hydrogens is 284 g/mol. The van der Waals surface area contributed by atoms with Gasteiger partial charge >= 0.3 is 0 Å². The number of hydrogen-bond acceptors (Lipinski definition) is 4. The summed E-state index contributed by atoms with van der Waals surface area (Å²) < 4.78 is 5.22. The molecule has 1 N–H and O–H groups in total. The molecule has 3 rings (SSSR count). The first-order valence-corrected chi connectivity index (χ1v) is 7.47. The number of hydrogen-bond donors (Lipinski definition) is 1. The summed E-state index contributed by atoms with van der Waals surface area (Å²) in [5, 5.41) is 0.898. The normalized spacial score (nSPS) is 10.7. The van der Waals surface area contributed by atoms with Crippen molar-refractivity contribution in [1.29, 1.82) is 0 Å². The third kappa shape index (κ3) is 2.92. The van der Waals surface area contributed by atoms with Crippen LogP contribution in [0.15, 0.2) is 53.8 Å². The standard InChI is InChI=1S/C16H14N2O2S/c1-20-11-2-3-15-13(8-11)14(9-18-15)16(19)10-21-12-4-6-17-7-5-12/h2-9,18H,10H2,1H3. The molecule has 1 aromatic carbocycles. The Balaban J connectivity index is 1.81. The maximum Gasteiger partial charge on any atom is 0.175 e. The molecule has 0 fully saturated rings. The molecule has 2 heterocycles. The van der Waals surface area contributed by atoms with Crippen LogP contribution < -0.4 is 4.74 Å². The van der Waals surface area contributed by atoms with Crippen LogP contribution in [0.4, 0.5) is 0 Å². The first-order chi connectivity index (χ1) is 10.3. The molecule has 0 radical (unpaired) electrons. The lowest BCUT2D eigenvalue weighted by Gasteiger charge is -2.02. The number of nitrogens with one attached hydrogen (secondary N) is 1. The molecule has 0 aliphatic carbocycles. The summed E-state index contributed by atoms with van der Waals surface area (Å²) in [7, 11) is 1.62. The van der Waals surface area contributed by atoms with Gasteiger partial charge in [0.15, 0.2) is 5.78 Å². The summed E-state index contributed by atoms with van der Waals surface area (Å²) in [6.07, 6.45) is 5.21. The summed E-state index contributed by atoms with van der Waals surface area (Å²) in [6.45, 7) is 0. The minimum atomic E-state index is 0.0938. The lowest BCUT2D eigenvalue weighted by molar-refractivity contribution is 0.102. The largest absolute Gasteiger partial charge is 0.497 e. The maximum absolute atomic E-state index is 12.4. The Morgan fingerprint density at radius 2 is 2.10 bits per heavy atom. The lowest BCUT2D eigenvalue weighted by atomic mass is 10.1. The molecule has 5 heteroatoms. The predicted octanol–water partition coefficient (Wildman–Crippen LogP) is 3.55. The van der Waals surface area contributed by atoms with Gasteiger partial charge in [-0.25, -0.2) is 0 Å². The molecule has 4 nitrogen and oxygen atoms in total. The predicted molar refractivity (Wildman–Crippen MR) is 84.1 cm³/mol. The molecule has 3 aromatic rings. The zero-order chi connectivity index (χ0) is 14.7. The SMILES string of the molecule is COc1ccc2[nH]cc(C(=O)CSc3ccncc3)c2c1. The van der Waals surface area contributed by atoms with Crippen molar-refractivity contribution in [3.63, 3.8) is 0 Å². The van der Waals surface area contributed by atoms with E-state index in [-0.39, 0.29) is 5.78 Å². The van der Waals surface area contributed by atoms with E-state index in [4.69, 9.17) is 4.74 Å². The summed E-state index contributed by atoms with van der Waals surface area (Å²) in [6, 6.07) is 9.47. The molecule has 0 atom stereocenters. The zero-order valence-corrected chi connectivity index (χ0v) is 12.3. The fourth-order valence-electron chi connectivity index (χ4n) is 2.12. The van der Waals surface area contributed by atoms with Crippen LogP contribution in [0.25, 0.3) is 10.9 Å². The molecule has 0 unspecified atom stereocenters. The first kappa shape index (κ1) is 13.7. The number of aromatic nitrogens is 2. The van der Waals surface area contributed by atoms with Crippen LogP contribution in [-0.2, 0) is 0 Å². The third-order valence-electron chi connectivity index (χ3n) is 3.21. The van der Waals surface area contributed by atoms with Gasteiger partial charge in [-0.1, -0.05) is 0 Å². The van der Waals surface area contributed by atoms with E-state index in [1.807, 2.05) is 30.3 Å². The van der Waals surface area contributed by atoms with Crippen LogP contribution in [0.2, 0.25) is 0 Å². The van der Waals surface area contributed by atoms with Gasteiger partial charge in [-0.05, 0) is 30.3 Å². The van der Waals surface area contributed by atoms with Crippen molar-refractivity contribution in [3.8, 4) is 5.75 Å². The van der Waals surface area contributed by atoms with E-state index in [0.717, 1.165) is 21.5 Å². The quantitative estimate of drug-likeness (QED) is 0.578. The molecule has 0 amide bonds. The van der Waals surface area contributed by atoms with Gasteiger partial charge in [-0.15, -0.1) is 11.8 Å². The second-order valence-electron chi connectivity index (χ2n) is 4.51. The number of Topliss-reactive ketones (excluding diaryl/α,β-unsaturated/α-hetero) is 1. The topological polar surface area (TPSA) is 55.0 Å². The van der Waals surface area contributed by atoms with Gasteiger partial charge in [0.05, 0.1) is 12.9 Å². The molecule has 106 valence electrons. The Kier molecular flexibility index (Phi) is 3.92. The number of methoxy groups -OCH3 is 1. The number of pyridine rings is 1. The highest BCUT2D eigenvalue weighted by molar-refractivity contribution is 8.00. The van der Waals surface area contributed by atoms with Gasteiger partial charge in [-0.3, -0.25) is 9.78 Å². The minimum absolute atomic E-state index is 0.0938. The smallest absolute Gasteiger partial charge is 0.175 e. The van der Waals surface area contributed by atoms with Crippen molar-refractivity contribution in [3.05, 3.63) is 54.5 Å². The van der Waals surface area contributed by atoms with Crippen LogP contribution in [0.1, 0.15) is 10.4 Å². The highest BCUT2D eigenvalue weighted by Gasteiger charge is 2.13. The van der Waals surface area contributed by atoms with Gasteiger partial charge in [0, 0.05) is 40.0 Å². The van der Waals surface area contributed by atoms with E-state index in [1.54, 1.807) is 25.7 Å². The van der Waals surface area contributed by atoms with E-state index in [2.05, 4.69) is 9.97 Å². The number of thioether (sulfide) groups is 1. The maximum atomic E-state index is 12.4. The number of carbonyl (C=O) groups is 1. The Hall–Kier alpha value is -2.27. The van der Waals surface area contributed by atoms with E-state index in [0.29, 0.717) is 11.3 Å².